The smallest absolute Gasteiger partial charge is 0 e. The van der Waals surface area contributed by atoms with Gasteiger partial charge in [-0.3, -0.25) is 0 Å². The van der Waals surface area contributed by atoms with Crippen LogP contribution in [0.2, 0.25) is 0 Å². The molecule has 0 aliphatic heterocycles. The minimum absolute atomic E-state index is 0. The predicted molar refractivity (Wildman–Crippen MR) is 0 cm³/mol. The number of hydrogen-bond donors (Lipinski definition) is 0. The molecule has 0 aliphatic rings. The molecule has 130 radical (unpaired) electrons. The second-order valence-electron chi connectivity index (χ2n) is 0. The van der Waals surface area contributed by atoms with Crippen molar-refractivity contribution < 1.29 is 5020 Å². The van der Waals surface area contributed by atoms with Crippen LogP contribution in [0.4, 0.5) is 0 Å². The molecule has 0 nitrogen and oxygen atoms in total. The van der Waals surface area contributed by atoms with E-state index < -0.39 is 0 Å². The van der Waals surface area contributed by atoms with Gasteiger partial charge in [0.1, 0.15) is 0 Å². The molecule has 0 amide bonds. The van der Waals surface area contributed by atoms with E-state index in [1.807, 2.05) is 0 Å². The van der Waals surface area contributed by atoms with Crippen LogP contribution in [0.3, 0.4) is 0 Å². The van der Waals surface area contributed by atoms with Gasteiger partial charge in [-0.2, -0.15) is 0 Å². The third-order valence-electron chi connectivity index (χ3n) is 0. The van der Waals surface area contributed by atoms with Gasteiger partial charge in [0.15, 0.2) is 0 Å². The van der Waals surface area contributed by atoms with Crippen molar-refractivity contribution in [3.63, 3.8) is 0 Å². The van der Waals surface area contributed by atoms with Crippen LogP contribution in [0.15, 0.2) is 0 Å². The Hall–Kier alpha value is 167. The first-order valence-corrected chi connectivity index (χ1v) is 0. The fraction of sp³-hybridized carbons (Fsp3) is 0. The summed E-state index contributed by atoms with van der Waals surface area (Å²) in [6.45, 7) is 0. The summed E-state index contributed by atoms with van der Waals surface area (Å²) < 4.78 is 0. The second-order valence-corrected chi connectivity index (χ2v) is 0. The van der Waals surface area contributed by atoms with E-state index in [4.69, 9.17) is 0 Å². The van der Waals surface area contributed by atoms with E-state index in [1.54, 1.807) is 0 Å². The molecule has 0 saturated carbocycles. The summed E-state index contributed by atoms with van der Waals surface area (Å²) in [5.74, 6) is 0. The number of hydrogen-bond acceptors (Lipinski definition) is 0. The van der Waals surface area contributed by atoms with E-state index >= 15 is 0 Å². The minimum atomic E-state index is 0. The summed E-state index contributed by atoms with van der Waals surface area (Å²) in [5, 5.41) is 0. The van der Waals surface area contributed by atoms with Gasteiger partial charge in [-0.15, -0.1) is 0 Å². The van der Waals surface area contributed by atoms with Crippen LogP contribution in [-0.4, -0.2) is 0 Å². The molecule has 130 heteroatoms. The van der Waals surface area contributed by atoms with Gasteiger partial charge in [-0.1, -0.05) is 0 Å². The normalized spacial score (nSPS) is 0. The fourth-order valence-corrected chi connectivity index (χ4v) is 0. The zero-order valence-corrected chi connectivity index (χ0v) is 321. The largest absolute Gasteiger partial charge is 0 e. The molecule has 0 aromatic carbocycles. The summed E-state index contributed by atoms with van der Waals surface area (Å²) in [7, 11) is 0. The second kappa shape index (κ2) is 923. The molecule has 0 aliphatic carbocycles. The van der Waals surface area contributed by atoms with Gasteiger partial charge in [0.2, 0.25) is 0 Å². The molecule has 0 heterocycles. The summed E-state index contributed by atoms with van der Waals surface area (Å²) >= 11 is 0. The van der Waals surface area contributed by atoms with Gasteiger partial charge in [0, 0.05) is 5020 Å². The van der Waals surface area contributed by atoms with Crippen molar-refractivity contribution in [1.82, 2.24) is 0 Å². The van der Waals surface area contributed by atoms with Gasteiger partial charge in [0.25, 0.3) is 0 Å². The Bertz CT molecular complexity index is 0. The Morgan fingerprint density at radius 2 is 0.00769 bits per heavy atom. The quantitative estimate of drug-likeness (QED) is 0.321. The first kappa shape index (κ1) is 933. The first-order valence-electron chi connectivity index (χ1n) is 0. The van der Waals surface area contributed by atoms with E-state index in [1.165, 1.54) is 0 Å². The van der Waals surface area contributed by atoms with E-state index in [9.17, 15) is 0 Å². The molecule has 1170 valence electrons. The average molecular weight is 20700 g/mol. The molecule has 130 heavy (non-hydrogen) atoms. The van der Waals surface area contributed by atoms with Crippen LogP contribution in [0, 0.1) is 5020 Å². The maximum atomic E-state index is 0. The van der Waals surface area contributed by atoms with Crippen molar-refractivity contribution in [3.05, 3.63) is 0 Å². The topological polar surface area (TPSA) is 0 Å². The molecule has 0 aromatic heterocycles. The van der Waals surface area contributed by atoms with Crippen molar-refractivity contribution in [3.8, 4) is 0 Å². The Morgan fingerprint density at radius 3 is 0.00769 bits per heavy atom. The van der Waals surface area contributed by atoms with Crippen LogP contribution in [0.5, 0.6) is 0 Å². The minimum Gasteiger partial charge on any atom is 0 e. The van der Waals surface area contributed by atoms with Crippen LogP contribution in [0.25, 0.3) is 0 Å². The van der Waals surface area contributed by atoms with E-state index in [0.29, 0.717) is 0 Å². The van der Waals surface area contributed by atoms with Crippen LogP contribution >= 0.6 is 0 Å². The number of rotatable bonds is 0. The van der Waals surface area contributed by atoms with E-state index in [-0.39, 0.29) is 5020 Å². The Morgan fingerprint density at radius 1 is 0.00769 bits per heavy atom. The molecular formula is Tb130. The van der Waals surface area contributed by atoms with Gasteiger partial charge < -0.3 is 0 Å². The molecule has 0 unspecified atom stereocenters. The SMILES string of the molecule is [Tb].[Tb].[Tb].[Tb].[Tb].[Tb].[Tb].[Tb].[Tb].[Tb].[Tb].[Tb].[Tb].[Tb].[Tb].[Tb].[Tb].[Tb].[Tb].[Tb].[Tb].[Tb].[Tb].[Tb].[Tb].[Tb].[Tb].[Tb].[Tb].[Tb].[Tb].[Tb].[Tb].[Tb].[Tb].[Tb].[Tb].[Tb].[Tb].[Tb].[Tb].[Tb].[Tb].[Tb].[Tb].[Tb].[Tb].[Tb].[Tb].[Tb].[Tb].[Tb].[Tb].[Tb].[Tb].[Tb].[Tb].[Tb].[Tb].[Tb].[Tb].[Tb].[Tb].[Tb].[Tb].[Tb].[Tb].[Tb].[Tb].[Tb].[Tb].[Tb].[Tb].[Tb].[Tb].[Tb].[Tb].[Tb].[Tb].[Tb].[Tb].[Tb].[Tb].[Tb].[Tb].[Tb].[Tb].[Tb].[Tb].[Tb].[Tb].[Tb].[Tb].[Tb].[Tb].[Tb].[Tb].[Tb].[Tb].[Tb].[Tb].[Tb].[Tb].[Tb].[Tb].[Tb].[Tb].[Tb].[Tb].[Tb].[Tb].[Tb].[Tb].[Tb].[Tb].[Tb].[Tb].[Tb].[Tb].[Tb].[Tb].[Tb].[Tb].[Tb].[Tb].[Tb].[Tb].[Tb].[Tb].[Tb]. The van der Waals surface area contributed by atoms with Crippen molar-refractivity contribution in [1.29, 1.82) is 0 Å². The molecule has 0 saturated heterocycles. The first-order chi connectivity index (χ1) is 0. The summed E-state index contributed by atoms with van der Waals surface area (Å²) in [5.41, 5.74) is 0. The van der Waals surface area contributed by atoms with Gasteiger partial charge in [-0.05, 0) is 0 Å². The van der Waals surface area contributed by atoms with Crippen molar-refractivity contribution in [2.75, 3.05) is 0 Å². The van der Waals surface area contributed by atoms with Crippen molar-refractivity contribution in [2.45, 2.75) is 0 Å². The molecule has 0 rings (SSSR count). The summed E-state index contributed by atoms with van der Waals surface area (Å²) in [6.07, 6.45) is 0. The zero-order chi connectivity index (χ0) is 0. The zero-order valence-electron chi connectivity index (χ0n) is 43.3. The van der Waals surface area contributed by atoms with Gasteiger partial charge >= 0.3 is 0 Å². The molecule has 0 aromatic rings. The Balaban J connectivity index is 0. The third-order valence-corrected chi connectivity index (χ3v) is 0. The van der Waals surface area contributed by atoms with E-state index in [0.717, 1.165) is 0 Å². The van der Waals surface area contributed by atoms with Gasteiger partial charge in [0.05, 0.1) is 0 Å². The molecule has 0 fully saturated rings. The predicted octanol–water partition coefficient (Wildman–Crippen LogP) is 0. The van der Waals surface area contributed by atoms with Crippen LogP contribution in [-0.2, 0) is 0 Å². The third kappa shape index (κ3) is 914. The summed E-state index contributed by atoms with van der Waals surface area (Å²) in [6, 6.07) is 0. The summed E-state index contributed by atoms with van der Waals surface area (Å²) in [4.78, 5) is 0. The fourth-order valence-electron chi connectivity index (χ4n) is 0. The van der Waals surface area contributed by atoms with Crippen molar-refractivity contribution >= 4 is 0 Å². The standard InChI is InChI=1S/130Tb. The maximum Gasteiger partial charge on any atom is 0 e. The molecule has 0 atom stereocenters. The molecule has 0 spiro atoms. The maximum absolute atomic E-state index is 0. The monoisotopic (exact) mass is 20700 g/mol. The molecule has 0 bridgehead atoms. The van der Waals surface area contributed by atoms with Gasteiger partial charge in [-0.25, -0.2) is 0 Å². The molecular weight excluding hydrogens is 20700 g/mol. The average Bonchev–Trinajstić information content (AvgIpc) is 0. The Labute approximate surface area is 4800 Å². The Kier molecular flexibility index (Phi) is 6630. The molecule has 0 N–H and O–H groups in total. The van der Waals surface area contributed by atoms with Crippen molar-refractivity contribution in [2.24, 2.45) is 0 Å². The van der Waals surface area contributed by atoms with Crippen LogP contribution in [0.1, 0.15) is 0 Å². The van der Waals surface area contributed by atoms with Crippen LogP contribution < -0.4 is 0 Å². The van der Waals surface area contributed by atoms with E-state index in [2.05, 4.69) is 0 Å².